The van der Waals surface area contributed by atoms with E-state index in [4.69, 9.17) is 5.26 Å². The molecule has 0 atom stereocenters. The summed E-state index contributed by atoms with van der Waals surface area (Å²) < 4.78 is 0. The first-order valence-corrected chi connectivity index (χ1v) is 3.69. The Labute approximate surface area is 61.5 Å². The molecule has 0 unspecified atom stereocenters. The molecule has 1 rings (SSSR count). The van der Waals surface area contributed by atoms with Crippen molar-refractivity contribution < 1.29 is 0 Å². The van der Waals surface area contributed by atoms with Crippen LogP contribution in [-0.4, -0.2) is 13.1 Å². The van der Waals surface area contributed by atoms with E-state index in [9.17, 15) is 0 Å². The van der Waals surface area contributed by atoms with Gasteiger partial charge in [0.15, 0.2) is 0 Å². The molecule has 10 heavy (non-hydrogen) atoms. The minimum Gasteiger partial charge on any atom is -0.313 e. The van der Waals surface area contributed by atoms with Crippen LogP contribution >= 0.6 is 0 Å². The Morgan fingerprint density at radius 2 is 2.60 bits per heavy atom. The summed E-state index contributed by atoms with van der Waals surface area (Å²) in [6.45, 7) is 2.12. The highest BCUT2D eigenvalue weighted by Gasteiger charge is 2.02. The number of nitrogens with zero attached hydrogens (tertiary/aromatic N) is 1. The number of allylic oxidation sites excluding steroid dienone is 1. The van der Waals surface area contributed by atoms with E-state index < -0.39 is 0 Å². The van der Waals surface area contributed by atoms with Gasteiger partial charge in [0, 0.05) is 6.54 Å². The minimum atomic E-state index is 0.566. The topological polar surface area (TPSA) is 35.8 Å². The molecule has 2 nitrogen and oxygen atoms in total. The molecular formula is C8H12N2. The highest BCUT2D eigenvalue weighted by atomic mass is 14.9. The molecule has 1 N–H and O–H groups in total. The summed E-state index contributed by atoms with van der Waals surface area (Å²) in [5, 5.41) is 11.5. The van der Waals surface area contributed by atoms with Crippen LogP contribution in [0.5, 0.6) is 0 Å². The summed E-state index contributed by atoms with van der Waals surface area (Å²) in [5.41, 5.74) is 1.40. The van der Waals surface area contributed by atoms with E-state index in [1.807, 2.05) is 6.08 Å². The molecular weight excluding hydrogens is 124 g/mol. The Morgan fingerprint density at radius 1 is 1.70 bits per heavy atom. The van der Waals surface area contributed by atoms with Crippen molar-refractivity contribution in [3.05, 3.63) is 11.6 Å². The SMILES string of the molecule is N#CC/C=C1/CCCNC1. The standard InChI is InChI=1S/C8H12N2/c9-5-1-3-8-4-2-6-10-7-8/h3,10H,1-2,4,6-7H2/b8-3-. The van der Waals surface area contributed by atoms with Gasteiger partial charge in [-0.2, -0.15) is 5.26 Å². The summed E-state index contributed by atoms with van der Waals surface area (Å²) in [6, 6.07) is 2.11. The van der Waals surface area contributed by atoms with Crippen LogP contribution in [0.4, 0.5) is 0 Å². The highest BCUT2D eigenvalue weighted by Crippen LogP contribution is 2.08. The van der Waals surface area contributed by atoms with E-state index in [0.717, 1.165) is 13.1 Å². The third-order valence-corrected chi connectivity index (χ3v) is 1.69. The minimum absolute atomic E-state index is 0.566. The molecule has 1 aliphatic rings. The van der Waals surface area contributed by atoms with E-state index in [-0.39, 0.29) is 0 Å². The van der Waals surface area contributed by atoms with Crippen LogP contribution in [0.3, 0.4) is 0 Å². The lowest BCUT2D eigenvalue weighted by Gasteiger charge is -2.14. The van der Waals surface area contributed by atoms with E-state index in [2.05, 4.69) is 11.4 Å². The lowest BCUT2D eigenvalue weighted by atomic mass is 10.1. The molecule has 0 saturated carbocycles. The predicted octanol–water partition coefficient (Wildman–Crippen LogP) is 1.21. The van der Waals surface area contributed by atoms with Gasteiger partial charge in [-0.1, -0.05) is 11.6 Å². The molecule has 0 spiro atoms. The van der Waals surface area contributed by atoms with Crippen molar-refractivity contribution in [1.29, 1.82) is 5.26 Å². The maximum atomic E-state index is 8.28. The molecule has 0 aromatic carbocycles. The van der Waals surface area contributed by atoms with E-state index in [1.54, 1.807) is 0 Å². The first-order valence-electron chi connectivity index (χ1n) is 3.69. The largest absolute Gasteiger partial charge is 0.313 e. The van der Waals surface area contributed by atoms with Crippen LogP contribution in [0.2, 0.25) is 0 Å². The second kappa shape index (κ2) is 4.08. The van der Waals surface area contributed by atoms with Crippen LogP contribution < -0.4 is 5.32 Å². The number of hydrogen-bond acceptors (Lipinski definition) is 2. The third kappa shape index (κ3) is 2.20. The zero-order valence-corrected chi connectivity index (χ0v) is 6.06. The summed E-state index contributed by atoms with van der Waals surface area (Å²) in [5.74, 6) is 0. The number of piperidine rings is 1. The van der Waals surface area contributed by atoms with Crippen molar-refractivity contribution >= 4 is 0 Å². The van der Waals surface area contributed by atoms with Gasteiger partial charge in [-0.3, -0.25) is 0 Å². The zero-order chi connectivity index (χ0) is 7.23. The average molecular weight is 136 g/mol. The van der Waals surface area contributed by atoms with Crippen LogP contribution in [0.1, 0.15) is 19.3 Å². The first-order chi connectivity index (χ1) is 4.93. The molecule has 54 valence electrons. The summed E-state index contributed by atoms with van der Waals surface area (Å²) in [4.78, 5) is 0. The second-order valence-corrected chi connectivity index (χ2v) is 2.50. The van der Waals surface area contributed by atoms with Crippen LogP contribution in [0.15, 0.2) is 11.6 Å². The van der Waals surface area contributed by atoms with E-state index in [1.165, 1.54) is 18.4 Å². The van der Waals surface area contributed by atoms with Crippen LogP contribution in [0, 0.1) is 11.3 Å². The molecule has 1 aliphatic heterocycles. The number of hydrogen-bond donors (Lipinski definition) is 1. The molecule has 0 aromatic rings. The van der Waals surface area contributed by atoms with Gasteiger partial charge in [-0.15, -0.1) is 0 Å². The summed E-state index contributed by atoms with van der Waals surface area (Å²) in [6.07, 6.45) is 5.00. The maximum absolute atomic E-state index is 8.28. The van der Waals surface area contributed by atoms with Crippen LogP contribution in [0.25, 0.3) is 0 Å². The third-order valence-electron chi connectivity index (χ3n) is 1.69. The first kappa shape index (κ1) is 7.30. The lowest BCUT2D eigenvalue weighted by Crippen LogP contribution is -2.23. The molecule has 0 aromatic heterocycles. The Hall–Kier alpha value is -0.810. The molecule has 0 bridgehead atoms. The summed E-state index contributed by atoms with van der Waals surface area (Å²) in [7, 11) is 0. The van der Waals surface area contributed by atoms with E-state index in [0.29, 0.717) is 6.42 Å². The molecule has 1 saturated heterocycles. The van der Waals surface area contributed by atoms with Crippen LogP contribution in [-0.2, 0) is 0 Å². The van der Waals surface area contributed by atoms with Crippen molar-refractivity contribution in [2.75, 3.05) is 13.1 Å². The van der Waals surface area contributed by atoms with Gasteiger partial charge in [0.1, 0.15) is 0 Å². The Kier molecular flexibility index (Phi) is 2.98. The number of nitrogens with one attached hydrogen (secondary N) is 1. The van der Waals surface area contributed by atoms with Gasteiger partial charge in [0.05, 0.1) is 12.5 Å². The van der Waals surface area contributed by atoms with Gasteiger partial charge in [0.25, 0.3) is 0 Å². The van der Waals surface area contributed by atoms with Gasteiger partial charge < -0.3 is 5.32 Å². The average Bonchev–Trinajstić information content (AvgIpc) is 2.03. The van der Waals surface area contributed by atoms with Crippen molar-refractivity contribution in [3.63, 3.8) is 0 Å². The fraction of sp³-hybridized carbons (Fsp3) is 0.625. The molecule has 1 heterocycles. The normalized spacial score (nSPS) is 22.5. The Bertz CT molecular complexity index is 157. The Morgan fingerprint density at radius 3 is 3.20 bits per heavy atom. The predicted molar refractivity (Wildman–Crippen MR) is 40.4 cm³/mol. The number of nitriles is 1. The fourth-order valence-electron chi connectivity index (χ4n) is 1.14. The molecule has 0 aliphatic carbocycles. The summed E-state index contributed by atoms with van der Waals surface area (Å²) >= 11 is 0. The van der Waals surface area contributed by atoms with Crippen molar-refractivity contribution in [2.45, 2.75) is 19.3 Å². The van der Waals surface area contributed by atoms with Gasteiger partial charge in [-0.25, -0.2) is 0 Å². The number of rotatable bonds is 1. The molecule has 2 heteroatoms. The van der Waals surface area contributed by atoms with Gasteiger partial charge in [-0.05, 0) is 19.4 Å². The molecule has 0 amide bonds. The van der Waals surface area contributed by atoms with Crippen molar-refractivity contribution in [2.24, 2.45) is 0 Å². The Balaban J connectivity index is 2.32. The lowest BCUT2D eigenvalue weighted by molar-refractivity contribution is 0.608. The second-order valence-electron chi connectivity index (χ2n) is 2.50. The van der Waals surface area contributed by atoms with Gasteiger partial charge >= 0.3 is 0 Å². The quantitative estimate of drug-likeness (QED) is 0.550. The van der Waals surface area contributed by atoms with Crippen molar-refractivity contribution in [1.82, 2.24) is 5.32 Å². The van der Waals surface area contributed by atoms with Gasteiger partial charge in [0.2, 0.25) is 0 Å². The van der Waals surface area contributed by atoms with Crippen molar-refractivity contribution in [3.8, 4) is 6.07 Å². The monoisotopic (exact) mass is 136 g/mol. The maximum Gasteiger partial charge on any atom is 0.0663 e. The zero-order valence-electron chi connectivity index (χ0n) is 6.06. The van der Waals surface area contributed by atoms with E-state index >= 15 is 0 Å². The smallest absolute Gasteiger partial charge is 0.0663 e. The molecule has 1 fully saturated rings. The highest BCUT2D eigenvalue weighted by molar-refractivity contribution is 5.08. The molecule has 0 radical (unpaired) electrons. The fourth-order valence-corrected chi connectivity index (χ4v) is 1.14.